The first-order valence-corrected chi connectivity index (χ1v) is 9.63. The normalized spacial score (nSPS) is 14.0. The van der Waals surface area contributed by atoms with E-state index in [1.807, 2.05) is 42.5 Å². The summed E-state index contributed by atoms with van der Waals surface area (Å²) in [5.41, 5.74) is 3.80. The highest BCUT2D eigenvalue weighted by atomic mass is 32.1. The summed E-state index contributed by atoms with van der Waals surface area (Å²) in [5.74, 6) is 0. The molecule has 1 saturated heterocycles. The number of rotatable bonds is 3. The molecule has 2 heterocycles. The van der Waals surface area contributed by atoms with Crippen molar-refractivity contribution in [2.75, 3.05) is 31.2 Å². The molecular formula is C22H18N2O2S. The Morgan fingerprint density at radius 2 is 1.67 bits per heavy atom. The van der Waals surface area contributed by atoms with E-state index < -0.39 is 0 Å². The molecule has 27 heavy (non-hydrogen) atoms. The number of anilines is 1. The second kappa shape index (κ2) is 7.75. The van der Waals surface area contributed by atoms with Crippen LogP contribution in [-0.4, -0.2) is 26.3 Å². The first-order valence-electron chi connectivity index (χ1n) is 8.82. The Morgan fingerprint density at radius 1 is 0.926 bits per heavy atom. The summed E-state index contributed by atoms with van der Waals surface area (Å²) in [4.78, 5) is 15.4. The second-order valence-corrected chi connectivity index (χ2v) is 7.43. The molecule has 0 spiro atoms. The van der Waals surface area contributed by atoms with Crippen LogP contribution < -0.4 is 10.3 Å². The molecule has 4 rings (SSSR count). The Kier molecular flexibility index (Phi) is 5.01. The second-order valence-electron chi connectivity index (χ2n) is 6.36. The summed E-state index contributed by atoms with van der Waals surface area (Å²) in [6, 6.07) is 21.3. The monoisotopic (exact) mass is 374 g/mol. The zero-order valence-electron chi connectivity index (χ0n) is 14.7. The van der Waals surface area contributed by atoms with Gasteiger partial charge >= 0.3 is 0 Å². The average molecular weight is 374 g/mol. The van der Waals surface area contributed by atoms with Gasteiger partial charge in [0.15, 0.2) is 5.43 Å². The van der Waals surface area contributed by atoms with E-state index in [1.54, 1.807) is 23.5 Å². The molecule has 0 atom stereocenters. The molecule has 0 radical (unpaired) electrons. The summed E-state index contributed by atoms with van der Waals surface area (Å²) in [5, 5.41) is 9.95. The van der Waals surface area contributed by atoms with Crippen molar-refractivity contribution in [2.45, 2.75) is 0 Å². The number of ether oxygens (including phenoxy) is 1. The van der Waals surface area contributed by atoms with E-state index in [9.17, 15) is 4.79 Å². The lowest BCUT2D eigenvalue weighted by Crippen LogP contribution is -2.36. The van der Waals surface area contributed by atoms with Crippen LogP contribution in [-0.2, 0) is 4.74 Å². The van der Waals surface area contributed by atoms with Gasteiger partial charge in [-0.2, -0.15) is 5.26 Å². The van der Waals surface area contributed by atoms with Crippen molar-refractivity contribution in [3.8, 4) is 27.6 Å². The number of hydrogen-bond acceptors (Lipinski definition) is 5. The predicted molar refractivity (Wildman–Crippen MR) is 109 cm³/mol. The molecule has 0 aliphatic carbocycles. The maximum Gasteiger partial charge on any atom is 0.182 e. The topological polar surface area (TPSA) is 53.3 Å². The highest BCUT2D eigenvalue weighted by Crippen LogP contribution is 2.32. The number of morpholine rings is 1. The summed E-state index contributed by atoms with van der Waals surface area (Å²) in [6.45, 7) is 3.01. The minimum absolute atomic E-state index is 0.0222. The van der Waals surface area contributed by atoms with Gasteiger partial charge in [0.25, 0.3) is 0 Å². The molecule has 5 heteroatoms. The largest absolute Gasteiger partial charge is 0.378 e. The Labute approximate surface area is 161 Å². The molecule has 0 unspecified atom stereocenters. The molecule has 3 aromatic rings. The van der Waals surface area contributed by atoms with Gasteiger partial charge in [-0.05, 0) is 34.9 Å². The number of nitriles is 1. The van der Waals surface area contributed by atoms with E-state index in [0.29, 0.717) is 18.8 Å². The molecule has 0 saturated carbocycles. The van der Waals surface area contributed by atoms with Crippen molar-refractivity contribution in [3.05, 3.63) is 76.5 Å². The molecule has 1 aliphatic rings. The highest BCUT2D eigenvalue weighted by molar-refractivity contribution is 7.19. The predicted octanol–water partition coefficient (Wildman–Crippen LogP) is 4.15. The van der Waals surface area contributed by atoms with Gasteiger partial charge in [-0.3, -0.25) is 4.79 Å². The summed E-state index contributed by atoms with van der Waals surface area (Å²) in [6.07, 6.45) is 0. The van der Waals surface area contributed by atoms with E-state index in [-0.39, 0.29) is 5.43 Å². The minimum atomic E-state index is 0.0222. The van der Waals surface area contributed by atoms with Crippen LogP contribution in [0.25, 0.3) is 21.6 Å². The van der Waals surface area contributed by atoms with Crippen molar-refractivity contribution >= 4 is 16.3 Å². The fourth-order valence-corrected chi connectivity index (χ4v) is 4.27. The lowest BCUT2D eigenvalue weighted by molar-refractivity contribution is 0.123. The maximum atomic E-state index is 12.3. The van der Waals surface area contributed by atoms with Gasteiger partial charge in [-0.25, -0.2) is 0 Å². The number of nitrogens with zero attached hydrogens (tertiary/aromatic N) is 2. The lowest BCUT2D eigenvalue weighted by Gasteiger charge is -2.28. The number of hydrogen-bond donors (Lipinski definition) is 0. The summed E-state index contributed by atoms with van der Waals surface area (Å²) >= 11 is 1.63. The van der Waals surface area contributed by atoms with Crippen molar-refractivity contribution < 1.29 is 4.74 Å². The molecule has 134 valence electrons. The van der Waals surface area contributed by atoms with E-state index in [1.165, 1.54) is 0 Å². The van der Waals surface area contributed by atoms with Crippen LogP contribution in [0, 0.1) is 11.3 Å². The van der Waals surface area contributed by atoms with Crippen LogP contribution in [0.3, 0.4) is 0 Å². The molecule has 0 amide bonds. The van der Waals surface area contributed by atoms with Gasteiger partial charge in [0.05, 0.1) is 29.8 Å². The Morgan fingerprint density at radius 3 is 2.41 bits per heavy atom. The van der Waals surface area contributed by atoms with Crippen LogP contribution in [0.1, 0.15) is 5.56 Å². The smallest absolute Gasteiger partial charge is 0.182 e. The molecule has 2 aromatic carbocycles. The Balaban J connectivity index is 1.70. The molecule has 1 aromatic heterocycles. The van der Waals surface area contributed by atoms with Crippen LogP contribution in [0.4, 0.5) is 5.00 Å². The van der Waals surface area contributed by atoms with Gasteiger partial charge in [-0.1, -0.05) is 30.3 Å². The third-order valence-electron chi connectivity index (χ3n) is 4.57. The zero-order chi connectivity index (χ0) is 18.6. The fourth-order valence-electron chi connectivity index (χ4n) is 3.14. The van der Waals surface area contributed by atoms with Crippen molar-refractivity contribution in [1.82, 2.24) is 0 Å². The van der Waals surface area contributed by atoms with Gasteiger partial charge < -0.3 is 9.64 Å². The van der Waals surface area contributed by atoms with Crippen molar-refractivity contribution in [3.63, 3.8) is 0 Å². The summed E-state index contributed by atoms with van der Waals surface area (Å²) in [7, 11) is 0. The van der Waals surface area contributed by atoms with Crippen LogP contribution >= 0.6 is 11.3 Å². The number of benzene rings is 2. The molecule has 1 aliphatic heterocycles. The van der Waals surface area contributed by atoms with Crippen LogP contribution in [0.15, 0.2) is 65.5 Å². The first-order chi connectivity index (χ1) is 13.2. The van der Waals surface area contributed by atoms with Crippen LogP contribution in [0.2, 0.25) is 0 Å². The van der Waals surface area contributed by atoms with Gasteiger partial charge in [0.2, 0.25) is 0 Å². The average Bonchev–Trinajstić information content (AvgIpc) is 2.74. The molecular weight excluding hydrogens is 356 g/mol. The van der Waals surface area contributed by atoms with E-state index >= 15 is 0 Å². The van der Waals surface area contributed by atoms with Crippen LogP contribution in [0.5, 0.6) is 0 Å². The van der Waals surface area contributed by atoms with Gasteiger partial charge in [0, 0.05) is 30.1 Å². The first kappa shape index (κ1) is 17.5. The van der Waals surface area contributed by atoms with E-state index in [2.05, 4.69) is 17.0 Å². The SMILES string of the molecule is N#Cc1ccc(-c2cccc(-c3cc(=O)cc(N4CCOCC4)s3)c2)cc1. The van der Waals surface area contributed by atoms with E-state index in [4.69, 9.17) is 10.00 Å². The van der Waals surface area contributed by atoms with E-state index in [0.717, 1.165) is 39.7 Å². The third-order valence-corrected chi connectivity index (χ3v) is 5.73. The van der Waals surface area contributed by atoms with Crippen molar-refractivity contribution in [1.29, 1.82) is 5.26 Å². The highest BCUT2D eigenvalue weighted by Gasteiger charge is 2.14. The standard InChI is InChI=1S/C22H18N2O2S/c23-15-16-4-6-17(7-5-16)18-2-1-3-19(12-18)21-13-20(25)14-22(27-21)24-8-10-26-11-9-24/h1-7,12-14H,8-11H2. The molecule has 4 nitrogen and oxygen atoms in total. The maximum absolute atomic E-state index is 12.3. The molecule has 1 fully saturated rings. The molecule has 0 N–H and O–H groups in total. The minimum Gasteiger partial charge on any atom is -0.378 e. The lowest BCUT2D eigenvalue weighted by atomic mass is 10.0. The quantitative estimate of drug-likeness (QED) is 0.691. The zero-order valence-corrected chi connectivity index (χ0v) is 15.5. The van der Waals surface area contributed by atoms with Crippen molar-refractivity contribution in [2.24, 2.45) is 0 Å². The Hall–Kier alpha value is -2.94. The summed E-state index contributed by atoms with van der Waals surface area (Å²) < 4.78 is 5.41. The van der Waals surface area contributed by atoms with Gasteiger partial charge in [0.1, 0.15) is 0 Å². The third kappa shape index (κ3) is 3.92. The fraction of sp³-hybridized carbons (Fsp3) is 0.182. The van der Waals surface area contributed by atoms with Gasteiger partial charge in [-0.15, -0.1) is 11.3 Å². The Bertz CT molecular complexity index is 1040. The molecule has 0 bridgehead atoms.